The van der Waals surface area contributed by atoms with E-state index in [1.54, 1.807) is 38.1 Å². The highest BCUT2D eigenvalue weighted by molar-refractivity contribution is 7.92. The van der Waals surface area contributed by atoms with Crippen molar-refractivity contribution in [3.05, 3.63) is 29.8 Å². The van der Waals surface area contributed by atoms with Gasteiger partial charge in [-0.3, -0.25) is 4.79 Å². The first-order valence-corrected chi connectivity index (χ1v) is 8.12. The van der Waals surface area contributed by atoms with Crippen LogP contribution >= 0.6 is 0 Å². The highest BCUT2D eigenvalue weighted by atomic mass is 32.2. The van der Waals surface area contributed by atoms with Crippen LogP contribution in [0.25, 0.3) is 0 Å². The number of rotatable bonds is 6. The number of hydrogen-bond acceptors (Lipinski definition) is 4. The van der Waals surface area contributed by atoms with Gasteiger partial charge in [0, 0.05) is 12.1 Å². The van der Waals surface area contributed by atoms with Gasteiger partial charge in [-0.1, -0.05) is 13.0 Å². The molecule has 0 aliphatic rings. The zero-order valence-corrected chi connectivity index (χ0v) is 12.4. The van der Waals surface area contributed by atoms with Crippen LogP contribution in [0.5, 0.6) is 0 Å². The zero-order valence-electron chi connectivity index (χ0n) is 11.6. The lowest BCUT2D eigenvalue weighted by molar-refractivity contribution is -0.115. The van der Waals surface area contributed by atoms with E-state index in [-0.39, 0.29) is 18.1 Å². The molecule has 20 heavy (non-hydrogen) atoms. The molecule has 1 N–H and O–H groups in total. The quantitative estimate of drug-likeness (QED) is 0.870. The summed E-state index contributed by atoms with van der Waals surface area (Å²) < 4.78 is 23.6. The Bertz CT molecular complexity index is 618. The maximum Gasteiger partial charge on any atom is 0.225 e. The minimum Gasteiger partial charge on any atom is -0.326 e. The van der Waals surface area contributed by atoms with Gasteiger partial charge < -0.3 is 5.32 Å². The third kappa shape index (κ3) is 4.67. The van der Waals surface area contributed by atoms with E-state index in [2.05, 4.69) is 5.32 Å². The van der Waals surface area contributed by atoms with Crippen molar-refractivity contribution in [1.29, 1.82) is 5.26 Å². The molecular formula is C14H18N2O3S. The lowest BCUT2D eigenvalue weighted by Gasteiger charge is -2.10. The van der Waals surface area contributed by atoms with Gasteiger partial charge in [0.2, 0.25) is 5.91 Å². The van der Waals surface area contributed by atoms with Crippen molar-refractivity contribution < 1.29 is 13.2 Å². The first-order chi connectivity index (χ1) is 9.39. The van der Waals surface area contributed by atoms with E-state index in [4.69, 9.17) is 5.26 Å². The molecule has 0 radical (unpaired) electrons. The maximum atomic E-state index is 11.8. The number of nitrogens with zero attached hydrogens (tertiary/aromatic N) is 1. The average Bonchev–Trinajstić information content (AvgIpc) is 2.44. The van der Waals surface area contributed by atoms with Crippen LogP contribution in [0.3, 0.4) is 0 Å². The fourth-order valence-electron chi connectivity index (χ4n) is 1.58. The van der Waals surface area contributed by atoms with Crippen molar-refractivity contribution in [2.75, 3.05) is 11.1 Å². The van der Waals surface area contributed by atoms with Gasteiger partial charge in [-0.05, 0) is 31.5 Å². The second-order valence-corrected chi connectivity index (χ2v) is 7.12. The highest BCUT2D eigenvalue weighted by Crippen LogP contribution is 2.11. The summed E-state index contributed by atoms with van der Waals surface area (Å²) >= 11 is 0. The Kier molecular flexibility index (Phi) is 5.71. The fourth-order valence-corrected chi connectivity index (χ4v) is 2.96. The van der Waals surface area contributed by atoms with Gasteiger partial charge in [0.1, 0.15) is 0 Å². The Morgan fingerprint density at radius 2 is 2.15 bits per heavy atom. The van der Waals surface area contributed by atoms with E-state index >= 15 is 0 Å². The molecule has 1 aromatic rings. The Balaban J connectivity index is 2.59. The smallest absolute Gasteiger partial charge is 0.225 e. The molecule has 108 valence electrons. The van der Waals surface area contributed by atoms with E-state index in [1.165, 1.54) is 0 Å². The summed E-state index contributed by atoms with van der Waals surface area (Å²) in [6, 6.07) is 8.45. The molecule has 1 amide bonds. The summed E-state index contributed by atoms with van der Waals surface area (Å²) in [5.74, 6) is -0.529. The Morgan fingerprint density at radius 1 is 1.45 bits per heavy atom. The van der Waals surface area contributed by atoms with E-state index in [0.29, 0.717) is 17.7 Å². The van der Waals surface area contributed by atoms with Crippen molar-refractivity contribution in [3.8, 4) is 6.07 Å². The van der Waals surface area contributed by atoms with Crippen LogP contribution in [0.1, 0.15) is 32.3 Å². The average molecular weight is 294 g/mol. The predicted octanol–water partition coefficient (Wildman–Crippen LogP) is 2.10. The van der Waals surface area contributed by atoms with Crippen molar-refractivity contribution >= 4 is 21.4 Å². The molecule has 1 aromatic carbocycles. The van der Waals surface area contributed by atoms with Gasteiger partial charge in [0.15, 0.2) is 9.84 Å². The number of carbonyl (C=O) groups is 1. The molecule has 0 aromatic heterocycles. The Hall–Kier alpha value is -1.87. The SMILES string of the molecule is CCC(C)S(=O)(=O)CCC(=O)Nc1cccc(C#N)c1. The largest absolute Gasteiger partial charge is 0.326 e. The molecule has 0 bridgehead atoms. The molecule has 0 aliphatic carbocycles. The normalized spacial score (nSPS) is 12.4. The number of nitriles is 1. The van der Waals surface area contributed by atoms with Crippen molar-refractivity contribution in [1.82, 2.24) is 0 Å². The second kappa shape index (κ2) is 7.06. The molecule has 1 atom stereocenters. The highest BCUT2D eigenvalue weighted by Gasteiger charge is 2.20. The van der Waals surface area contributed by atoms with Gasteiger partial charge in [0.05, 0.1) is 22.6 Å². The van der Waals surface area contributed by atoms with Crippen LogP contribution in [-0.4, -0.2) is 25.3 Å². The first kappa shape index (κ1) is 16.2. The number of anilines is 1. The third-order valence-corrected chi connectivity index (χ3v) is 5.41. The van der Waals surface area contributed by atoms with Gasteiger partial charge in [-0.2, -0.15) is 5.26 Å². The second-order valence-electron chi connectivity index (χ2n) is 4.58. The number of hydrogen-bond donors (Lipinski definition) is 1. The van der Waals surface area contributed by atoms with Crippen LogP contribution in [-0.2, 0) is 14.6 Å². The van der Waals surface area contributed by atoms with E-state index < -0.39 is 15.1 Å². The molecule has 0 saturated heterocycles. The first-order valence-electron chi connectivity index (χ1n) is 6.40. The molecule has 0 aliphatic heterocycles. The molecule has 0 saturated carbocycles. The summed E-state index contributed by atoms with van der Waals surface area (Å²) in [5.41, 5.74) is 0.935. The molecule has 1 rings (SSSR count). The van der Waals surface area contributed by atoms with Crippen LogP contribution in [0.15, 0.2) is 24.3 Å². The minimum atomic E-state index is -3.22. The summed E-state index contributed by atoms with van der Waals surface area (Å²) in [7, 11) is -3.22. The number of nitrogens with one attached hydrogen (secondary N) is 1. The molecule has 0 fully saturated rings. The summed E-state index contributed by atoms with van der Waals surface area (Å²) in [6.45, 7) is 3.44. The van der Waals surface area contributed by atoms with Crippen molar-refractivity contribution in [2.45, 2.75) is 31.9 Å². The minimum absolute atomic E-state index is 0.0799. The molecular weight excluding hydrogens is 276 g/mol. The third-order valence-electron chi connectivity index (χ3n) is 3.08. The lowest BCUT2D eigenvalue weighted by atomic mass is 10.2. The van der Waals surface area contributed by atoms with Crippen LogP contribution in [0.4, 0.5) is 5.69 Å². The van der Waals surface area contributed by atoms with Gasteiger partial charge >= 0.3 is 0 Å². The molecule has 0 heterocycles. The van der Waals surface area contributed by atoms with Gasteiger partial charge in [-0.25, -0.2) is 8.42 Å². The van der Waals surface area contributed by atoms with Crippen molar-refractivity contribution in [2.24, 2.45) is 0 Å². The molecule has 1 unspecified atom stereocenters. The van der Waals surface area contributed by atoms with E-state index in [1.807, 2.05) is 6.07 Å². The summed E-state index contributed by atoms with van der Waals surface area (Å²) in [5, 5.41) is 10.9. The number of sulfone groups is 1. The fraction of sp³-hybridized carbons (Fsp3) is 0.429. The van der Waals surface area contributed by atoms with Gasteiger partial charge in [0.25, 0.3) is 0 Å². The van der Waals surface area contributed by atoms with E-state index in [0.717, 1.165) is 0 Å². The lowest BCUT2D eigenvalue weighted by Crippen LogP contribution is -2.24. The molecule has 5 nitrogen and oxygen atoms in total. The molecule has 0 spiro atoms. The standard InChI is InChI=1S/C14H18N2O3S/c1-3-11(2)20(18,19)8-7-14(17)16-13-6-4-5-12(9-13)10-15/h4-6,9,11H,3,7-8H2,1-2H3,(H,16,17). The number of carbonyl (C=O) groups excluding carboxylic acids is 1. The number of amides is 1. The van der Waals surface area contributed by atoms with Crippen LogP contribution in [0.2, 0.25) is 0 Å². The maximum absolute atomic E-state index is 11.8. The Labute approximate surface area is 119 Å². The summed E-state index contributed by atoms with van der Waals surface area (Å²) in [4.78, 5) is 11.7. The molecule has 6 heteroatoms. The van der Waals surface area contributed by atoms with Gasteiger partial charge in [-0.15, -0.1) is 0 Å². The van der Waals surface area contributed by atoms with Crippen LogP contribution < -0.4 is 5.32 Å². The summed E-state index contributed by atoms with van der Waals surface area (Å²) in [6.07, 6.45) is 0.456. The number of benzene rings is 1. The van der Waals surface area contributed by atoms with Crippen molar-refractivity contribution in [3.63, 3.8) is 0 Å². The van der Waals surface area contributed by atoms with E-state index in [9.17, 15) is 13.2 Å². The predicted molar refractivity (Wildman–Crippen MR) is 77.9 cm³/mol. The monoisotopic (exact) mass is 294 g/mol. The zero-order chi connectivity index (χ0) is 15.2. The van der Waals surface area contributed by atoms with Crippen LogP contribution in [0, 0.1) is 11.3 Å². The Morgan fingerprint density at radius 3 is 2.75 bits per heavy atom. The topological polar surface area (TPSA) is 87.0 Å².